The molecule has 5 rings (SSSR count). The smallest absolute Gasteiger partial charge is 0.421 e. The molecule has 0 saturated heterocycles. The summed E-state index contributed by atoms with van der Waals surface area (Å²) in [5.41, 5.74) is 7.31. The van der Waals surface area contributed by atoms with Gasteiger partial charge in [0.05, 0.1) is 47.3 Å². The highest BCUT2D eigenvalue weighted by molar-refractivity contribution is 6.31. The number of anilines is 1. The van der Waals surface area contributed by atoms with Gasteiger partial charge in [-0.3, -0.25) is 0 Å². The number of aromatic nitrogens is 7. The van der Waals surface area contributed by atoms with Gasteiger partial charge in [-0.2, -0.15) is 23.4 Å². The van der Waals surface area contributed by atoms with Crippen molar-refractivity contribution in [2.45, 2.75) is 26.1 Å². The Morgan fingerprint density at radius 1 is 1.11 bits per heavy atom. The first kappa shape index (κ1) is 22.8. The molecule has 2 N–H and O–H groups in total. The Kier molecular flexibility index (Phi) is 5.28. The van der Waals surface area contributed by atoms with E-state index in [-0.39, 0.29) is 5.69 Å². The first-order valence-corrected chi connectivity index (χ1v) is 10.7. The number of nitrogen functional groups attached to an aromatic ring is 1. The summed E-state index contributed by atoms with van der Waals surface area (Å²) in [6.07, 6.45) is -2.06. The number of fused-ring (bicyclic) bond motifs is 2. The van der Waals surface area contributed by atoms with Gasteiger partial charge < -0.3 is 10.5 Å². The summed E-state index contributed by atoms with van der Waals surface area (Å²) in [7, 11) is 1.13. The predicted octanol–water partition coefficient (Wildman–Crippen LogP) is 4.74. The van der Waals surface area contributed by atoms with Gasteiger partial charge in [-0.25, -0.2) is 24.3 Å². The molecule has 0 amide bonds. The Balaban J connectivity index is 1.73. The third-order valence-electron chi connectivity index (χ3n) is 5.71. The summed E-state index contributed by atoms with van der Waals surface area (Å²) < 4.78 is 48.8. The Morgan fingerprint density at radius 2 is 1.89 bits per heavy atom. The lowest BCUT2D eigenvalue weighted by atomic mass is 10.1. The van der Waals surface area contributed by atoms with Crippen LogP contribution >= 0.6 is 11.6 Å². The molecule has 0 saturated carbocycles. The highest BCUT2D eigenvalue weighted by atomic mass is 35.5. The lowest BCUT2D eigenvalue weighted by Crippen LogP contribution is -2.12. The molecule has 0 bridgehead atoms. The molecule has 0 aliphatic rings. The molecule has 0 aliphatic heterocycles. The van der Waals surface area contributed by atoms with Crippen LogP contribution in [0.25, 0.3) is 27.6 Å². The van der Waals surface area contributed by atoms with Crippen LogP contribution in [0.2, 0.25) is 5.02 Å². The molecule has 1 aromatic carbocycles. The van der Waals surface area contributed by atoms with E-state index in [9.17, 15) is 13.2 Å². The van der Waals surface area contributed by atoms with E-state index in [4.69, 9.17) is 22.1 Å². The number of hydrogen-bond acceptors (Lipinski definition) is 7. The van der Waals surface area contributed by atoms with Crippen molar-refractivity contribution < 1.29 is 17.9 Å². The maximum Gasteiger partial charge on any atom is 0.421 e. The van der Waals surface area contributed by atoms with Crippen LogP contribution in [0.5, 0.6) is 5.88 Å². The number of aryl methyl sites for hydroxylation is 1. The Hall–Kier alpha value is -3.93. The molecule has 5 aromatic rings. The molecule has 0 fully saturated rings. The zero-order chi connectivity index (χ0) is 25.1. The van der Waals surface area contributed by atoms with Crippen LogP contribution in [-0.2, 0) is 6.18 Å². The molecule has 180 valence electrons. The Bertz CT molecular complexity index is 1590. The third kappa shape index (κ3) is 3.70. The minimum atomic E-state index is -4.67. The van der Waals surface area contributed by atoms with Crippen molar-refractivity contribution in [3.05, 3.63) is 58.8 Å². The monoisotopic (exact) mass is 502 g/mol. The zero-order valence-electron chi connectivity index (χ0n) is 18.7. The van der Waals surface area contributed by atoms with Gasteiger partial charge >= 0.3 is 6.18 Å². The normalized spacial score (nSPS) is 13.0. The maximum absolute atomic E-state index is 13.6. The van der Waals surface area contributed by atoms with E-state index in [1.165, 1.54) is 17.2 Å². The number of hydrogen-bond donors (Lipinski definition) is 1. The van der Waals surface area contributed by atoms with Crippen molar-refractivity contribution in [2.24, 2.45) is 0 Å². The van der Waals surface area contributed by atoms with Gasteiger partial charge in [0.15, 0.2) is 5.65 Å². The first-order chi connectivity index (χ1) is 16.6. The minimum Gasteiger partial charge on any atom is -0.481 e. The SMILES string of the molecule is COc1ncc(-n2nc(C(C)n3nc(C)c4c(N)ncnc43)c3ccc(Cl)cc32)cc1C(F)(F)F. The van der Waals surface area contributed by atoms with E-state index in [2.05, 4.69) is 25.1 Å². The number of halogens is 4. The summed E-state index contributed by atoms with van der Waals surface area (Å²) >= 11 is 6.23. The number of nitrogens with zero attached hydrogens (tertiary/aromatic N) is 7. The topological polar surface area (TPSA) is 110 Å². The van der Waals surface area contributed by atoms with Crippen molar-refractivity contribution >= 4 is 39.4 Å². The highest BCUT2D eigenvalue weighted by Gasteiger charge is 2.36. The van der Waals surface area contributed by atoms with Gasteiger partial charge in [0.25, 0.3) is 0 Å². The van der Waals surface area contributed by atoms with Gasteiger partial charge in [0, 0.05) is 10.4 Å². The molecule has 0 aliphatic carbocycles. The number of nitrogens with two attached hydrogens (primary N) is 1. The first-order valence-electron chi connectivity index (χ1n) is 10.3. The standard InChI is InChI=1S/C22H18ClF3N8O/c1-10-17-19(27)29-9-30-20(17)33(31-10)11(2)18-14-5-4-12(23)6-16(14)34(32-18)13-7-15(22(24,25)26)21(35-3)28-8-13/h4-9,11H,1-3H3,(H2,27,29,30). The van der Waals surface area contributed by atoms with Gasteiger partial charge in [-0.1, -0.05) is 11.6 Å². The summed E-state index contributed by atoms with van der Waals surface area (Å²) in [6, 6.07) is 5.56. The summed E-state index contributed by atoms with van der Waals surface area (Å²) in [5.74, 6) is -0.225. The second kappa shape index (κ2) is 8.08. The van der Waals surface area contributed by atoms with Crippen LogP contribution in [0.15, 0.2) is 36.8 Å². The Morgan fingerprint density at radius 3 is 2.60 bits per heavy atom. The molecule has 13 heteroatoms. The molecular weight excluding hydrogens is 485 g/mol. The molecule has 1 atom stereocenters. The second-order valence-electron chi connectivity index (χ2n) is 7.87. The van der Waals surface area contributed by atoms with E-state index in [0.717, 1.165) is 13.2 Å². The van der Waals surface area contributed by atoms with E-state index in [0.29, 0.717) is 44.2 Å². The summed E-state index contributed by atoms with van der Waals surface area (Å²) in [6.45, 7) is 3.65. The number of ether oxygens (including phenoxy) is 1. The fourth-order valence-electron chi connectivity index (χ4n) is 4.10. The lowest BCUT2D eigenvalue weighted by Gasteiger charge is -2.13. The number of pyridine rings is 1. The van der Waals surface area contributed by atoms with E-state index >= 15 is 0 Å². The fourth-order valence-corrected chi connectivity index (χ4v) is 4.26. The van der Waals surface area contributed by atoms with Crippen LogP contribution in [0.1, 0.15) is 29.9 Å². The average molecular weight is 503 g/mol. The van der Waals surface area contributed by atoms with Gasteiger partial charge in [-0.15, -0.1) is 0 Å². The predicted molar refractivity (Wildman–Crippen MR) is 124 cm³/mol. The van der Waals surface area contributed by atoms with Crippen molar-refractivity contribution in [1.82, 2.24) is 34.5 Å². The summed E-state index contributed by atoms with van der Waals surface area (Å²) in [5, 5.41) is 11.0. The minimum absolute atomic E-state index is 0.0944. The van der Waals surface area contributed by atoms with Crippen molar-refractivity contribution in [1.29, 1.82) is 0 Å². The maximum atomic E-state index is 13.6. The average Bonchev–Trinajstić information content (AvgIpc) is 3.36. The lowest BCUT2D eigenvalue weighted by molar-refractivity contribution is -0.139. The van der Waals surface area contributed by atoms with E-state index < -0.39 is 23.7 Å². The number of alkyl halides is 3. The van der Waals surface area contributed by atoms with Gasteiger partial charge in [0.2, 0.25) is 5.88 Å². The number of methoxy groups -OCH3 is 1. The number of benzene rings is 1. The van der Waals surface area contributed by atoms with E-state index in [1.54, 1.807) is 29.8 Å². The van der Waals surface area contributed by atoms with Crippen LogP contribution in [0.3, 0.4) is 0 Å². The van der Waals surface area contributed by atoms with Crippen LogP contribution < -0.4 is 10.5 Å². The molecule has 4 heterocycles. The molecule has 0 radical (unpaired) electrons. The van der Waals surface area contributed by atoms with Crippen molar-refractivity contribution in [3.63, 3.8) is 0 Å². The zero-order valence-corrected chi connectivity index (χ0v) is 19.4. The summed E-state index contributed by atoms with van der Waals surface area (Å²) in [4.78, 5) is 12.2. The van der Waals surface area contributed by atoms with Crippen LogP contribution in [0, 0.1) is 6.92 Å². The van der Waals surface area contributed by atoms with Gasteiger partial charge in [-0.05, 0) is 38.1 Å². The molecule has 0 spiro atoms. The molecular formula is C22H18ClF3N8O. The Labute approximate surface area is 201 Å². The van der Waals surface area contributed by atoms with Crippen molar-refractivity contribution in [3.8, 4) is 11.6 Å². The quantitative estimate of drug-likeness (QED) is 0.378. The largest absolute Gasteiger partial charge is 0.481 e. The van der Waals surface area contributed by atoms with Gasteiger partial charge in [0.1, 0.15) is 17.7 Å². The molecule has 35 heavy (non-hydrogen) atoms. The fraction of sp³-hybridized carbons (Fsp3) is 0.227. The second-order valence-corrected chi connectivity index (χ2v) is 8.31. The van der Waals surface area contributed by atoms with Crippen LogP contribution in [0.4, 0.5) is 19.0 Å². The highest BCUT2D eigenvalue weighted by Crippen LogP contribution is 2.37. The van der Waals surface area contributed by atoms with E-state index in [1.807, 2.05) is 6.92 Å². The molecule has 1 unspecified atom stereocenters. The van der Waals surface area contributed by atoms with Crippen molar-refractivity contribution in [2.75, 3.05) is 12.8 Å². The van der Waals surface area contributed by atoms with Crippen LogP contribution in [-0.4, -0.2) is 41.6 Å². The third-order valence-corrected chi connectivity index (χ3v) is 5.94. The molecule has 4 aromatic heterocycles. The molecule has 9 nitrogen and oxygen atoms in total. The number of rotatable bonds is 4.